The maximum Gasteiger partial charge on any atom is 0.228 e. The van der Waals surface area contributed by atoms with Crippen molar-refractivity contribution in [2.45, 2.75) is 59.2 Å². The summed E-state index contributed by atoms with van der Waals surface area (Å²) in [7, 11) is -1.23. The molecule has 0 spiro atoms. The molecule has 1 radical (unpaired) electrons. The number of furan rings is 2. The molecule has 0 amide bonds. The van der Waals surface area contributed by atoms with Crippen LogP contribution < -0.4 is 5.19 Å². The van der Waals surface area contributed by atoms with Crippen molar-refractivity contribution in [2.24, 2.45) is 0 Å². The van der Waals surface area contributed by atoms with Gasteiger partial charge in [-0.25, -0.2) is 4.98 Å². The zero-order valence-corrected chi connectivity index (χ0v) is 40.4. The Kier molecular flexibility index (Phi) is 11.6. The second-order valence-electron chi connectivity index (χ2n) is 17.9. The number of hydrogen-bond acceptors (Lipinski definition) is 5. The van der Waals surface area contributed by atoms with Crippen LogP contribution in [-0.2, 0) is 20.1 Å². The summed E-state index contributed by atoms with van der Waals surface area (Å²) in [5, 5.41) is 4.26. The molecule has 6 aromatic carbocycles. The van der Waals surface area contributed by atoms with Gasteiger partial charge in [-0.15, -0.1) is 54.1 Å². The Hall–Kier alpha value is -6.44. The third-order valence-corrected chi connectivity index (χ3v) is 13.9. The summed E-state index contributed by atoms with van der Waals surface area (Å²) in [5.74, 6) is 1.32. The number of hydrogen-bond donors (Lipinski definition) is 0. The zero-order chi connectivity index (χ0) is 43.4. The number of para-hydroxylation sites is 3. The first-order valence-corrected chi connectivity index (χ1v) is 25.2. The molecule has 6 nitrogen and oxygen atoms in total. The monoisotopic (exact) mass is 1030 g/mol. The van der Waals surface area contributed by atoms with Gasteiger partial charge in [-0.2, -0.15) is 0 Å². The largest absolute Gasteiger partial charge is 0.499 e. The van der Waals surface area contributed by atoms with Crippen LogP contribution in [-0.4, -0.2) is 27.6 Å². The Morgan fingerprint density at radius 2 is 1.33 bits per heavy atom. The van der Waals surface area contributed by atoms with E-state index in [2.05, 4.69) is 148 Å². The molecule has 0 aliphatic heterocycles. The van der Waals surface area contributed by atoms with Crippen molar-refractivity contribution < 1.29 is 28.9 Å². The summed E-state index contributed by atoms with van der Waals surface area (Å²) in [6, 6.07) is 56.7. The number of pyridine rings is 2. The molecule has 0 atom stereocenters. The molecule has 319 valence electrons. The van der Waals surface area contributed by atoms with Gasteiger partial charge in [0.05, 0.1) is 35.9 Å². The summed E-state index contributed by atoms with van der Waals surface area (Å²) < 4.78 is 15.2. The Morgan fingerprint density at radius 3 is 2.03 bits per heavy atom. The first-order valence-electron chi connectivity index (χ1n) is 21.7. The molecular weight excluding hydrogens is 981 g/mol. The fraction of sp³-hybridized carbons (Fsp3) is 0.161. The minimum absolute atomic E-state index is 0. The molecule has 0 aliphatic rings. The van der Waals surface area contributed by atoms with E-state index in [1.807, 2.05) is 72.9 Å². The number of benzene rings is 6. The van der Waals surface area contributed by atoms with Crippen molar-refractivity contribution in [3.8, 4) is 39.5 Å². The van der Waals surface area contributed by atoms with Gasteiger partial charge in [0.25, 0.3) is 0 Å². The number of rotatable bonds is 7. The van der Waals surface area contributed by atoms with Gasteiger partial charge in [-0.3, -0.25) is 4.98 Å². The van der Waals surface area contributed by atoms with E-state index in [0.29, 0.717) is 16.9 Å². The molecule has 0 fully saturated rings. The maximum absolute atomic E-state index is 6.69. The Morgan fingerprint density at radius 1 is 0.609 bits per heavy atom. The zero-order valence-electron chi connectivity index (χ0n) is 37.0. The summed E-state index contributed by atoms with van der Waals surface area (Å²) in [4.78, 5) is 14.8. The van der Waals surface area contributed by atoms with Crippen LogP contribution in [0.5, 0.6) is 0 Å². The minimum Gasteiger partial charge on any atom is -0.499 e. The van der Waals surface area contributed by atoms with Crippen LogP contribution >= 0.6 is 0 Å². The van der Waals surface area contributed by atoms with Crippen molar-refractivity contribution in [2.75, 3.05) is 0 Å². The summed E-state index contributed by atoms with van der Waals surface area (Å²) in [6.45, 7) is 16.1. The Balaban J connectivity index is 0.000000258. The van der Waals surface area contributed by atoms with E-state index >= 15 is 0 Å². The Labute approximate surface area is 388 Å². The van der Waals surface area contributed by atoms with Gasteiger partial charge >= 0.3 is 0 Å². The number of nitrogens with zero attached hydrogens (tertiary/aromatic N) is 4. The molecule has 0 N–H and O–H groups in total. The molecule has 0 saturated heterocycles. The third-order valence-electron chi connectivity index (χ3n) is 11.9. The number of fused-ring (bicyclic) bond motifs is 7. The minimum atomic E-state index is -1.23. The number of imidazole rings is 1. The molecule has 64 heavy (non-hydrogen) atoms. The fourth-order valence-corrected chi connectivity index (χ4v) is 9.58. The van der Waals surface area contributed by atoms with Crippen LogP contribution in [0.4, 0.5) is 0 Å². The predicted octanol–water partition coefficient (Wildman–Crippen LogP) is 14.7. The molecular formula is C56H48IrN4O2Si-2. The van der Waals surface area contributed by atoms with E-state index in [9.17, 15) is 0 Å². The average molecular weight is 1030 g/mol. The SMILES string of the molecule is CC(C)c1cc(-c2ccccc2)cc(C(C)C)c1-n1c(-c2[c-]ccc3c2oc2cc4c(nc23)oc2ccccc24)nc2ccccc21.C[Si](C)(C)c1ccc(-c2[c-]cccc2)nc1.[Ir]. The van der Waals surface area contributed by atoms with Crippen LogP contribution in [0.25, 0.3) is 94.6 Å². The van der Waals surface area contributed by atoms with Crippen LogP contribution in [0.2, 0.25) is 19.6 Å². The second kappa shape index (κ2) is 17.3. The standard InChI is InChI=1S/C42H32N3O2.C14H16NSi.Ir/c1-24(2)31-21-27(26-13-6-5-7-14-26)22-32(25(3)4)39(31)45-35-19-10-9-18-34(35)43-41(45)30-17-12-16-29-38-37(46-40(29)30)23-33-28-15-8-11-20-36(28)47-42(33)44-38;1-16(2,3)13-9-10-14(15-11-13)12-7-5-4-6-8-12;/h5-16,18-25H,1-4H3;4-7,9-11H,1-3H3;/q2*-1;. The van der Waals surface area contributed by atoms with Crippen LogP contribution in [0.15, 0.2) is 161 Å². The molecule has 11 rings (SSSR count). The molecule has 0 bridgehead atoms. The normalized spacial score (nSPS) is 11.8. The molecule has 0 aliphatic carbocycles. The van der Waals surface area contributed by atoms with Crippen LogP contribution in [0, 0.1) is 12.1 Å². The van der Waals surface area contributed by atoms with Gasteiger partial charge in [-0.05, 0) is 86.8 Å². The molecule has 11 aromatic rings. The topological polar surface area (TPSA) is 69.9 Å². The van der Waals surface area contributed by atoms with Crippen molar-refractivity contribution >= 4 is 68.4 Å². The van der Waals surface area contributed by atoms with Crippen molar-refractivity contribution in [3.63, 3.8) is 0 Å². The quantitative estimate of drug-likeness (QED) is 0.117. The Bertz CT molecular complexity index is 3410. The third kappa shape index (κ3) is 7.80. The van der Waals surface area contributed by atoms with E-state index in [0.717, 1.165) is 60.9 Å². The fourth-order valence-electron chi connectivity index (χ4n) is 8.54. The molecule has 5 aromatic heterocycles. The van der Waals surface area contributed by atoms with Crippen molar-refractivity contribution in [1.29, 1.82) is 0 Å². The van der Waals surface area contributed by atoms with Gasteiger partial charge in [0.15, 0.2) is 0 Å². The van der Waals surface area contributed by atoms with Crippen LogP contribution in [0.1, 0.15) is 50.7 Å². The maximum atomic E-state index is 6.69. The van der Waals surface area contributed by atoms with E-state index in [-0.39, 0.29) is 31.9 Å². The molecule has 5 heterocycles. The second-order valence-corrected chi connectivity index (χ2v) is 23.0. The van der Waals surface area contributed by atoms with Crippen molar-refractivity contribution in [1.82, 2.24) is 19.5 Å². The van der Waals surface area contributed by atoms with Gasteiger partial charge in [-0.1, -0.05) is 126 Å². The van der Waals surface area contributed by atoms with Crippen molar-refractivity contribution in [3.05, 3.63) is 175 Å². The predicted molar refractivity (Wildman–Crippen MR) is 263 cm³/mol. The summed E-state index contributed by atoms with van der Waals surface area (Å²) in [5.41, 5.74) is 14.6. The molecule has 0 saturated carbocycles. The van der Waals surface area contributed by atoms with E-state index in [1.165, 1.54) is 33.1 Å². The molecule has 0 unspecified atom stereocenters. The first-order chi connectivity index (χ1) is 30.5. The van der Waals surface area contributed by atoms with Gasteiger partial charge in [0.2, 0.25) is 5.71 Å². The van der Waals surface area contributed by atoms with E-state index in [4.69, 9.17) is 18.8 Å². The average Bonchev–Trinajstić information content (AvgIpc) is 3.99. The van der Waals surface area contributed by atoms with E-state index < -0.39 is 8.07 Å². The van der Waals surface area contributed by atoms with Crippen LogP contribution in [0.3, 0.4) is 0 Å². The van der Waals surface area contributed by atoms with Gasteiger partial charge < -0.3 is 18.4 Å². The smallest absolute Gasteiger partial charge is 0.228 e. The van der Waals surface area contributed by atoms with Gasteiger partial charge in [0, 0.05) is 37.4 Å². The number of aromatic nitrogens is 4. The van der Waals surface area contributed by atoms with E-state index in [1.54, 1.807) is 0 Å². The first kappa shape index (κ1) is 42.8. The summed E-state index contributed by atoms with van der Waals surface area (Å²) in [6.07, 6.45) is 2.02. The molecule has 8 heteroatoms. The summed E-state index contributed by atoms with van der Waals surface area (Å²) >= 11 is 0. The van der Waals surface area contributed by atoms with Gasteiger partial charge in [0.1, 0.15) is 16.7 Å².